The maximum absolute atomic E-state index is 6.36. The quantitative estimate of drug-likeness (QED) is 0.186. The van der Waals surface area contributed by atoms with Crippen molar-refractivity contribution in [1.82, 2.24) is 15.0 Å². The first-order valence-corrected chi connectivity index (χ1v) is 17.1. The summed E-state index contributed by atoms with van der Waals surface area (Å²) in [5, 5.41) is 6.91. The van der Waals surface area contributed by atoms with E-state index in [4.69, 9.17) is 19.4 Å². The van der Waals surface area contributed by atoms with Gasteiger partial charge in [-0.05, 0) is 68.1 Å². The van der Waals surface area contributed by atoms with Crippen LogP contribution in [-0.4, -0.2) is 15.0 Å². The van der Waals surface area contributed by atoms with E-state index in [0.717, 1.165) is 60.7 Å². The zero-order chi connectivity index (χ0) is 33.7. The van der Waals surface area contributed by atoms with E-state index in [1.807, 2.05) is 12.1 Å². The van der Waals surface area contributed by atoms with Gasteiger partial charge in [0.25, 0.3) is 0 Å². The Labute approximate surface area is 294 Å². The molecule has 0 unspecified atom stereocenters. The number of fused-ring (bicyclic) bond motifs is 5. The molecule has 0 spiro atoms. The smallest absolute Gasteiger partial charge is 0.164 e. The lowest BCUT2D eigenvalue weighted by atomic mass is 9.97. The van der Waals surface area contributed by atoms with Gasteiger partial charge in [-0.2, -0.15) is 0 Å². The summed E-state index contributed by atoms with van der Waals surface area (Å²) in [7, 11) is 0. The average Bonchev–Trinajstić information content (AvgIpc) is 3.57. The third-order valence-electron chi connectivity index (χ3n) is 9.71. The number of nitrogens with zero attached hydrogens (tertiary/aromatic N) is 3. The van der Waals surface area contributed by atoms with E-state index in [9.17, 15) is 0 Å². The van der Waals surface area contributed by atoms with Gasteiger partial charge in [0.2, 0.25) is 0 Å². The minimum Gasteiger partial charge on any atom is -0.456 e. The zero-order valence-corrected chi connectivity index (χ0v) is 27.5. The monoisotopic (exact) mass is 651 g/mol. The standard InChI is InChI=1S/C47H29N3O/c1-2-9-30(10-3-1)32-17-22-34(23-18-32)45-48-46(50-47(49-45)39-26-19-31-11-4-5-12-36(31)27-39)35-24-20-33(21-25-35)40-15-8-16-42-44(40)41-28-37-13-6-7-14-38(37)29-43(41)51-42/h1-29H. The van der Waals surface area contributed by atoms with Crippen molar-refractivity contribution >= 4 is 43.5 Å². The van der Waals surface area contributed by atoms with Gasteiger partial charge in [-0.1, -0.05) is 152 Å². The highest BCUT2D eigenvalue weighted by Crippen LogP contribution is 2.39. The summed E-state index contributed by atoms with van der Waals surface area (Å²) < 4.78 is 6.36. The molecular formula is C47H29N3O. The molecule has 2 aromatic heterocycles. The Balaban J connectivity index is 1.08. The Bertz CT molecular complexity index is 2890. The Hall–Kier alpha value is -6.91. The second-order valence-corrected chi connectivity index (χ2v) is 12.9. The lowest BCUT2D eigenvalue weighted by molar-refractivity contribution is 0.669. The molecule has 0 atom stereocenters. The summed E-state index contributed by atoms with van der Waals surface area (Å²) in [6, 6.07) is 61.1. The van der Waals surface area contributed by atoms with E-state index in [2.05, 4.69) is 164 Å². The van der Waals surface area contributed by atoms with Crippen molar-refractivity contribution in [2.45, 2.75) is 0 Å². The van der Waals surface area contributed by atoms with E-state index in [0.29, 0.717) is 17.5 Å². The molecule has 0 amide bonds. The van der Waals surface area contributed by atoms with Crippen LogP contribution in [0.4, 0.5) is 0 Å². The van der Waals surface area contributed by atoms with Gasteiger partial charge in [0.1, 0.15) is 11.2 Å². The number of hydrogen-bond acceptors (Lipinski definition) is 4. The highest BCUT2D eigenvalue weighted by molar-refractivity contribution is 6.15. The maximum atomic E-state index is 6.36. The topological polar surface area (TPSA) is 51.8 Å². The van der Waals surface area contributed by atoms with Crippen LogP contribution in [0.2, 0.25) is 0 Å². The minimum absolute atomic E-state index is 0.625. The van der Waals surface area contributed by atoms with E-state index < -0.39 is 0 Å². The number of benzene rings is 8. The molecule has 238 valence electrons. The van der Waals surface area contributed by atoms with Gasteiger partial charge < -0.3 is 4.42 Å². The number of hydrogen-bond donors (Lipinski definition) is 0. The molecule has 0 saturated carbocycles. The molecule has 0 aliphatic heterocycles. The van der Waals surface area contributed by atoms with Crippen molar-refractivity contribution in [2.24, 2.45) is 0 Å². The van der Waals surface area contributed by atoms with E-state index in [-0.39, 0.29) is 0 Å². The second kappa shape index (κ2) is 11.9. The van der Waals surface area contributed by atoms with Crippen molar-refractivity contribution < 1.29 is 4.42 Å². The fourth-order valence-electron chi connectivity index (χ4n) is 7.09. The molecular weight excluding hydrogens is 623 g/mol. The minimum atomic E-state index is 0.625. The molecule has 8 aromatic carbocycles. The van der Waals surface area contributed by atoms with E-state index >= 15 is 0 Å². The summed E-state index contributed by atoms with van der Waals surface area (Å²) in [4.78, 5) is 15.1. The van der Waals surface area contributed by atoms with Crippen LogP contribution >= 0.6 is 0 Å². The lowest BCUT2D eigenvalue weighted by Gasteiger charge is -2.10. The summed E-state index contributed by atoms with van der Waals surface area (Å²) in [5.41, 5.74) is 9.11. The Morgan fingerprint density at radius 1 is 0.314 bits per heavy atom. The van der Waals surface area contributed by atoms with Crippen molar-refractivity contribution in [2.75, 3.05) is 0 Å². The fourth-order valence-corrected chi connectivity index (χ4v) is 7.09. The highest BCUT2D eigenvalue weighted by Gasteiger charge is 2.16. The molecule has 4 nitrogen and oxygen atoms in total. The third kappa shape index (κ3) is 5.22. The van der Waals surface area contributed by atoms with Crippen LogP contribution in [0.25, 0.3) is 99.9 Å². The van der Waals surface area contributed by atoms with Gasteiger partial charge in [-0.25, -0.2) is 15.0 Å². The first-order chi connectivity index (χ1) is 25.2. The SMILES string of the molecule is c1ccc(-c2ccc(-c3nc(-c4ccc(-c5cccc6oc7cc8ccccc8cc7c56)cc4)nc(-c4ccc5ccccc5c4)n3)cc2)cc1. The normalized spacial score (nSPS) is 11.5. The zero-order valence-electron chi connectivity index (χ0n) is 27.5. The molecule has 4 heteroatoms. The number of furan rings is 1. The van der Waals surface area contributed by atoms with Gasteiger partial charge in [-0.15, -0.1) is 0 Å². The summed E-state index contributed by atoms with van der Waals surface area (Å²) in [6.45, 7) is 0. The van der Waals surface area contributed by atoms with Crippen molar-refractivity contribution in [1.29, 1.82) is 0 Å². The first-order valence-electron chi connectivity index (χ1n) is 17.1. The van der Waals surface area contributed by atoms with Gasteiger partial charge in [-0.3, -0.25) is 0 Å². The van der Waals surface area contributed by atoms with Crippen LogP contribution in [0, 0.1) is 0 Å². The molecule has 0 saturated heterocycles. The Morgan fingerprint density at radius 2 is 0.824 bits per heavy atom. The van der Waals surface area contributed by atoms with Gasteiger partial charge in [0.05, 0.1) is 0 Å². The number of aromatic nitrogens is 3. The number of rotatable bonds is 5. The average molecular weight is 652 g/mol. The molecule has 2 heterocycles. The predicted molar refractivity (Wildman–Crippen MR) is 209 cm³/mol. The Kier molecular flexibility index (Phi) is 6.78. The van der Waals surface area contributed by atoms with Crippen LogP contribution in [0.3, 0.4) is 0 Å². The first kappa shape index (κ1) is 29.0. The largest absolute Gasteiger partial charge is 0.456 e. The van der Waals surface area contributed by atoms with Gasteiger partial charge >= 0.3 is 0 Å². The van der Waals surface area contributed by atoms with E-state index in [1.165, 1.54) is 21.7 Å². The van der Waals surface area contributed by atoms with Gasteiger partial charge in [0, 0.05) is 27.5 Å². The highest BCUT2D eigenvalue weighted by atomic mass is 16.3. The van der Waals surface area contributed by atoms with Crippen molar-refractivity contribution in [3.8, 4) is 56.4 Å². The van der Waals surface area contributed by atoms with Crippen LogP contribution < -0.4 is 0 Å². The summed E-state index contributed by atoms with van der Waals surface area (Å²) in [6.07, 6.45) is 0. The van der Waals surface area contributed by atoms with Gasteiger partial charge in [0.15, 0.2) is 17.5 Å². The van der Waals surface area contributed by atoms with Crippen LogP contribution in [-0.2, 0) is 0 Å². The molecule has 0 aliphatic rings. The molecule has 0 N–H and O–H groups in total. The molecule has 0 aliphatic carbocycles. The second-order valence-electron chi connectivity index (χ2n) is 12.9. The van der Waals surface area contributed by atoms with E-state index in [1.54, 1.807) is 0 Å². The fraction of sp³-hybridized carbons (Fsp3) is 0. The van der Waals surface area contributed by atoms with Crippen LogP contribution in [0.5, 0.6) is 0 Å². The lowest BCUT2D eigenvalue weighted by Crippen LogP contribution is -2.00. The Morgan fingerprint density at radius 3 is 1.51 bits per heavy atom. The maximum Gasteiger partial charge on any atom is 0.164 e. The third-order valence-corrected chi connectivity index (χ3v) is 9.71. The molecule has 0 fully saturated rings. The molecule has 10 rings (SSSR count). The summed E-state index contributed by atoms with van der Waals surface area (Å²) >= 11 is 0. The van der Waals surface area contributed by atoms with Crippen LogP contribution in [0.15, 0.2) is 180 Å². The van der Waals surface area contributed by atoms with Crippen molar-refractivity contribution in [3.05, 3.63) is 176 Å². The van der Waals surface area contributed by atoms with Crippen molar-refractivity contribution in [3.63, 3.8) is 0 Å². The summed E-state index contributed by atoms with van der Waals surface area (Å²) in [5.74, 6) is 1.90. The predicted octanol–water partition coefficient (Wildman–Crippen LogP) is 12.4. The molecule has 0 bridgehead atoms. The molecule has 10 aromatic rings. The molecule has 0 radical (unpaired) electrons. The van der Waals surface area contributed by atoms with Crippen LogP contribution in [0.1, 0.15) is 0 Å². The molecule has 51 heavy (non-hydrogen) atoms.